The van der Waals surface area contributed by atoms with Crippen LogP contribution >= 0.6 is 11.3 Å². The fourth-order valence-electron chi connectivity index (χ4n) is 0.880. The zero-order valence-electron chi connectivity index (χ0n) is 6.61. The maximum atomic E-state index is 4.21. The van der Waals surface area contributed by atoms with Gasteiger partial charge in [0.25, 0.3) is 0 Å². The average Bonchev–Trinajstić information content (AvgIpc) is 2.58. The molecule has 0 bridgehead atoms. The van der Waals surface area contributed by atoms with E-state index in [4.69, 9.17) is 0 Å². The van der Waals surface area contributed by atoms with Crippen molar-refractivity contribution in [3.8, 4) is 10.7 Å². The maximum Gasteiger partial charge on any atom is 0.142 e. The van der Waals surface area contributed by atoms with E-state index in [0.717, 1.165) is 16.3 Å². The van der Waals surface area contributed by atoms with Crippen LogP contribution in [0, 0.1) is 13.0 Å². The van der Waals surface area contributed by atoms with Gasteiger partial charge in [-0.1, -0.05) is 0 Å². The number of thiazole rings is 1. The molecule has 59 valence electrons. The van der Waals surface area contributed by atoms with E-state index < -0.39 is 0 Å². The van der Waals surface area contributed by atoms with Crippen molar-refractivity contribution in [2.24, 2.45) is 0 Å². The van der Waals surface area contributed by atoms with Crippen LogP contribution in [0.2, 0.25) is 0 Å². The van der Waals surface area contributed by atoms with Crippen molar-refractivity contribution < 1.29 is 0 Å². The van der Waals surface area contributed by atoms with E-state index in [1.54, 1.807) is 17.5 Å². The third-order valence-corrected chi connectivity index (χ3v) is 2.25. The van der Waals surface area contributed by atoms with Crippen LogP contribution in [0.4, 0.5) is 0 Å². The van der Waals surface area contributed by atoms with Gasteiger partial charge in [0.05, 0.1) is 0 Å². The van der Waals surface area contributed by atoms with Gasteiger partial charge in [0, 0.05) is 23.8 Å². The summed E-state index contributed by atoms with van der Waals surface area (Å²) in [5.41, 5.74) is 1.95. The second-order valence-electron chi connectivity index (χ2n) is 2.48. The van der Waals surface area contributed by atoms with Crippen molar-refractivity contribution in [1.29, 1.82) is 0 Å². The first-order valence-electron chi connectivity index (χ1n) is 3.60. The molecule has 0 N–H and O–H groups in total. The molecule has 12 heavy (non-hydrogen) atoms. The zero-order valence-corrected chi connectivity index (χ0v) is 7.43. The molecule has 2 aromatic rings. The van der Waals surface area contributed by atoms with Crippen LogP contribution in [0.1, 0.15) is 5.56 Å². The smallest absolute Gasteiger partial charge is 0.142 e. The lowest BCUT2D eigenvalue weighted by atomic mass is 10.3. The predicted octanol–water partition coefficient (Wildman–Crippen LogP) is 2.31. The molecule has 0 saturated carbocycles. The lowest BCUT2D eigenvalue weighted by Crippen LogP contribution is -1.82. The van der Waals surface area contributed by atoms with E-state index in [0.29, 0.717) is 0 Å². The summed E-state index contributed by atoms with van der Waals surface area (Å²) in [7, 11) is 0. The molecule has 0 aliphatic rings. The Morgan fingerprint density at radius 1 is 1.42 bits per heavy atom. The molecule has 0 aromatic carbocycles. The van der Waals surface area contributed by atoms with Gasteiger partial charge in [0.1, 0.15) is 10.7 Å². The third kappa shape index (κ3) is 1.36. The number of pyridine rings is 1. The molecule has 0 amide bonds. The first-order chi connectivity index (χ1) is 5.86. The van der Waals surface area contributed by atoms with Crippen molar-refractivity contribution >= 4 is 11.3 Å². The molecule has 0 saturated heterocycles. The van der Waals surface area contributed by atoms with Crippen molar-refractivity contribution in [3.63, 3.8) is 0 Å². The topological polar surface area (TPSA) is 25.8 Å². The molecule has 0 aliphatic heterocycles. The van der Waals surface area contributed by atoms with Gasteiger partial charge in [0.15, 0.2) is 0 Å². The fourth-order valence-corrected chi connectivity index (χ4v) is 1.48. The van der Waals surface area contributed by atoms with E-state index in [2.05, 4.69) is 16.0 Å². The summed E-state index contributed by atoms with van der Waals surface area (Å²) >= 11 is 1.58. The van der Waals surface area contributed by atoms with Crippen molar-refractivity contribution in [1.82, 2.24) is 9.97 Å². The van der Waals surface area contributed by atoms with Gasteiger partial charge in [0.2, 0.25) is 0 Å². The van der Waals surface area contributed by atoms with E-state index in [9.17, 15) is 0 Å². The highest BCUT2D eigenvalue weighted by molar-refractivity contribution is 7.13. The predicted molar refractivity (Wildman–Crippen MR) is 48.9 cm³/mol. The number of nitrogens with zero attached hydrogens (tertiary/aromatic N) is 2. The molecular weight excluding hydrogens is 168 g/mol. The second-order valence-corrected chi connectivity index (χ2v) is 3.37. The SMILES string of the molecule is Cc1c[c]c(-c2nccs2)nc1. The van der Waals surface area contributed by atoms with Crippen LogP contribution in [0.25, 0.3) is 10.7 Å². The monoisotopic (exact) mass is 175 g/mol. The molecular formula is C9H7N2S. The largest absolute Gasteiger partial charge is 0.253 e. The standard InChI is InChI=1S/C9H7N2S/c1-7-2-3-8(11-6-7)9-10-4-5-12-9/h2,4-6H,1H3. The van der Waals surface area contributed by atoms with Crippen LogP contribution in [-0.2, 0) is 0 Å². The molecule has 0 unspecified atom stereocenters. The molecule has 2 heterocycles. The van der Waals surface area contributed by atoms with Gasteiger partial charge in [-0.05, 0) is 18.6 Å². The molecule has 2 nitrogen and oxygen atoms in total. The Morgan fingerprint density at radius 2 is 2.33 bits per heavy atom. The first kappa shape index (κ1) is 7.43. The second kappa shape index (κ2) is 3.03. The van der Waals surface area contributed by atoms with E-state index in [1.807, 2.05) is 24.6 Å². The molecule has 0 fully saturated rings. The molecule has 0 spiro atoms. The van der Waals surface area contributed by atoms with Gasteiger partial charge in [-0.3, -0.25) is 4.98 Å². The van der Waals surface area contributed by atoms with Crippen LogP contribution in [-0.4, -0.2) is 9.97 Å². The van der Waals surface area contributed by atoms with E-state index in [-0.39, 0.29) is 0 Å². The summed E-state index contributed by atoms with van der Waals surface area (Å²) in [4.78, 5) is 8.35. The molecule has 3 heteroatoms. The molecule has 0 aliphatic carbocycles. The Bertz CT molecular complexity index is 351. The number of hydrogen-bond donors (Lipinski definition) is 0. The summed E-state index contributed by atoms with van der Waals surface area (Å²) in [5.74, 6) is 0. The summed E-state index contributed by atoms with van der Waals surface area (Å²) in [6.07, 6.45) is 3.60. The highest BCUT2D eigenvalue weighted by Crippen LogP contribution is 2.18. The minimum absolute atomic E-state index is 0.829. The van der Waals surface area contributed by atoms with Crippen molar-refractivity contribution in [2.45, 2.75) is 6.92 Å². The van der Waals surface area contributed by atoms with Crippen LogP contribution < -0.4 is 0 Å². The Morgan fingerprint density at radius 3 is 2.92 bits per heavy atom. The molecule has 1 radical (unpaired) electrons. The highest BCUT2D eigenvalue weighted by atomic mass is 32.1. The highest BCUT2D eigenvalue weighted by Gasteiger charge is 1.99. The van der Waals surface area contributed by atoms with Crippen LogP contribution in [0.5, 0.6) is 0 Å². The van der Waals surface area contributed by atoms with E-state index in [1.165, 1.54) is 0 Å². The minimum Gasteiger partial charge on any atom is -0.253 e. The molecule has 2 rings (SSSR count). The van der Waals surface area contributed by atoms with Crippen LogP contribution in [0.3, 0.4) is 0 Å². The Hall–Kier alpha value is -1.22. The summed E-state index contributed by atoms with van der Waals surface area (Å²) in [5, 5.41) is 2.86. The molecule has 0 atom stereocenters. The quantitative estimate of drug-likeness (QED) is 0.664. The minimum atomic E-state index is 0.829. The van der Waals surface area contributed by atoms with Gasteiger partial charge in [-0.25, -0.2) is 4.98 Å². The van der Waals surface area contributed by atoms with Crippen molar-refractivity contribution in [3.05, 3.63) is 35.5 Å². The first-order valence-corrected chi connectivity index (χ1v) is 4.48. The maximum absolute atomic E-state index is 4.21. The van der Waals surface area contributed by atoms with Crippen molar-refractivity contribution in [2.75, 3.05) is 0 Å². The number of aryl methyl sites for hydroxylation is 1. The van der Waals surface area contributed by atoms with Gasteiger partial charge in [-0.2, -0.15) is 0 Å². The van der Waals surface area contributed by atoms with Crippen LogP contribution in [0.15, 0.2) is 23.8 Å². The summed E-state index contributed by atoms with van der Waals surface area (Å²) in [6, 6.07) is 5.00. The van der Waals surface area contributed by atoms with Gasteiger partial charge < -0.3 is 0 Å². The number of aromatic nitrogens is 2. The third-order valence-electron chi connectivity index (χ3n) is 1.47. The summed E-state index contributed by atoms with van der Waals surface area (Å²) in [6.45, 7) is 2.00. The lowest BCUT2D eigenvalue weighted by Gasteiger charge is -1.93. The fraction of sp³-hybridized carbons (Fsp3) is 0.111. The van der Waals surface area contributed by atoms with Gasteiger partial charge >= 0.3 is 0 Å². The molecule has 2 aromatic heterocycles. The number of hydrogen-bond acceptors (Lipinski definition) is 3. The zero-order chi connectivity index (χ0) is 8.39. The van der Waals surface area contributed by atoms with E-state index >= 15 is 0 Å². The van der Waals surface area contributed by atoms with Gasteiger partial charge in [-0.15, -0.1) is 11.3 Å². The number of rotatable bonds is 1. The Kier molecular flexibility index (Phi) is 1.87. The Labute approximate surface area is 74.9 Å². The Balaban J connectivity index is 2.43. The lowest BCUT2D eigenvalue weighted by molar-refractivity contribution is 1.25. The average molecular weight is 175 g/mol. The summed E-state index contributed by atoms with van der Waals surface area (Å²) < 4.78 is 0. The normalized spacial score (nSPS) is 10.1.